The highest BCUT2D eigenvalue weighted by Gasteiger charge is 2.60. The number of nitrogens with one attached hydrogen (secondary N) is 1. The summed E-state index contributed by atoms with van der Waals surface area (Å²) in [7, 11) is 0. The fourth-order valence-electron chi connectivity index (χ4n) is 3.86. The summed E-state index contributed by atoms with van der Waals surface area (Å²) in [5.41, 5.74) is -0.151. The summed E-state index contributed by atoms with van der Waals surface area (Å²) < 4.78 is 0. The second-order valence-corrected chi connectivity index (χ2v) is 6.91. The normalized spacial score (nSPS) is 32.8. The first-order valence-electron chi connectivity index (χ1n) is 7.66. The zero-order valence-corrected chi connectivity index (χ0v) is 11.9. The van der Waals surface area contributed by atoms with Crippen molar-refractivity contribution in [3.05, 3.63) is 0 Å². The molecule has 3 rings (SSSR count). The molecule has 2 unspecified atom stereocenters. The lowest BCUT2D eigenvalue weighted by atomic mass is 9.96. The molecule has 2 saturated carbocycles. The molecule has 0 aromatic heterocycles. The van der Waals surface area contributed by atoms with Gasteiger partial charge < -0.3 is 4.90 Å². The minimum Gasteiger partial charge on any atom is -0.322 e. The SMILES string of the molecule is CC(C)C1NC2(CC2)C(=O)N1C(C)C1CCCC1. The predicted molar refractivity (Wildman–Crippen MR) is 72.0 cm³/mol. The lowest BCUT2D eigenvalue weighted by Gasteiger charge is -2.36. The Hall–Kier alpha value is -0.570. The van der Waals surface area contributed by atoms with Crippen molar-refractivity contribution in [3.8, 4) is 0 Å². The molecule has 1 spiro atoms. The molecule has 1 amide bonds. The van der Waals surface area contributed by atoms with Crippen molar-refractivity contribution < 1.29 is 4.79 Å². The molecule has 1 N–H and O–H groups in total. The van der Waals surface area contributed by atoms with E-state index in [1.807, 2.05) is 0 Å². The van der Waals surface area contributed by atoms with Gasteiger partial charge in [0.2, 0.25) is 5.91 Å². The van der Waals surface area contributed by atoms with Gasteiger partial charge in [-0.05, 0) is 44.4 Å². The lowest BCUT2D eigenvalue weighted by Crippen LogP contribution is -2.48. The predicted octanol–water partition coefficient (Wildman–Crippen LogP) is 2.51. The highest BCUT2D eigenvalue weighted by Crippen LogP contribution is 2.45. The maximum absolute atomic E-state index is 12.7. The summed E-state index contributed by atoms with van der Waals surface area (Å²) >= 11 is 0. The molecule has 3 nitrogen and oxygen atoms in total. The molecule has 2 aliphatic carbocycles. The van der Waals surface area contributed by atoms with Crippen LogP contribution in [0.25, 0.3) is 0 Å². The second-order valence-electron chi connectivity index (χ2n) is 6.91. The van der Waals surface area contributed by atoms with Gasteiger partial charge >= 0.3 is 0 Å². The van der Waals surface area contributed by atoms with Gasteiger partial charge in [0.1, 0.15) is 0 Å². The van der Waals surface area contributed by atoms with Crippen molar-refractivity contribution in [2.24, 2.45) is 11.8 Å². The number of carbonyl (C=O) groups is 1. The van der Waals surface area contributed by atoms with Gasteiger partial charge in [0.25, 0.3) is 0 Å². The van der Waals surface area contributed by atoms with Gasteiger partial charge in [-0.15, -0.1) is 0 Å². The van der Waals surface area contributed by atoms with Crippen molar-refractivity contribution in [1.29, 1.82) is 0 Å². The molecule has 0 radical (unpaired) electrons. The van der Waals surface area contributed by atoms with Crippen LogP contribution in [0, 0.1) is 11.8 Å². The summed E-state index contributed by atoms with van der Waals surface area (Å²) in [5, 5.41) is 3.62. The van der Waals surface area contributed by atoms with E-state index in [0.717, 1.165) is 18.8 Å². The first kappa shape index (κ1) is 12.5. The molecule has 3 aliphatic rings. The van der Waals surface area contributed by atoms with Crippen LogP contribution in [0.5, 0.6) is 0 Å². The maximum atomic E-state index is 12.7. The van der Waals surface area contributed by atoms with Gasteiger partial charge in [-0.2, -0.15) is 0 Å². The first-order valence-corrected chi connectivity index (χ1v) is 7.66. The third-order valence-electron chi connectivity index (χ3n) is 5.27. The third kappa shape index (κ3) is 1.78. The second kappa shape index (κ2) is 4.22. The highest BCUT2D eigenvalue weighted by molar-refractivity contribution is 5.92. The zero-order chi connectivity index (χ0) is 12.9. The fraction of sp³-hybridized carbons (Fsp3) is 0.933. The lowest BCUT2D eigenvalue weighted by molar-refractivity contribution is -0.134. The quantitative estimate of drug-likeness (QED) is 0.834. The Morgan fingerprint density at radius 3 is 2.33 bits per heavy atom. The Labute approximate surface area is 110 Å². The van der Waals surface area contributed by atoms with Gasteiger partial charge in [-0.3, -0.25) is 10.1 Å². The van der Waals surface area contributed by atoms with E-state index in [1.54, 1.807) is 0 Å². The summed E-state index contributed by atoms with van der Waals surface area (Å²) in [4.78, 5) is 14.9. The van der Waals surface area contributed by atoms with E-state index >= 15 is 0 Å². The fourth-order valence-corrected chi connectivity index (χ4v) is 3.86. The van der Waals surface area contributed by atoms with Gasteiger partial charge in [-0.25, -0.2) is 0 Å². The number of rotatable bonds is 3. The standard InChI is InChI=1S/C15H26N2O/c1-10(2)13-16-15(8-9-15)14(18)17(13)11(3)12-6-4-5-7-12/h10-13,16H,4-9H2,1-3H3. The van der Waals surface area contributed by atoms with Crippen LogP contribution >= 0.6 is 0 Å². The molecular weight excluding hydrogens is 224 g/mol. The molecule has 3 fully saturated rings. The molecule has 1 aliphatic heterocycles. The molecule has 1 heterocycles. The van der Waals surface area contributed by atoms with Crippen LogP contribution in [0.1, 0.15) is 59.3 Å². The van der Waals surface area contributed by atoms with Gasteiger partial charge in [0.05, 0.1) is 11.7 Å². The Morgan fingerprint density at radius 1 is 1.22 bits per heavy atom. The molecule has 0 aromatic carbocycles. The number of hydrogen-bond donors (Lipinski definition) is 1. The van der Waals surface area contributed by atoms with Crippen LogP contribution in [0.3, 0.4) is 0 Å². The van der Waals surface area contributed by atoms with E-state index in [-0.39, 0.29) is 11.7 Å². The third-order valence-corrected chi connectivity index (χ3v) is 5.27. The van der Waals surface area contributed by atoms with E-state index in [9.17, 15) is 4.79 Å². The summed E-state index contributed by atoms with van der Waals surface area (Å²) in [6.07, 6.45) is 7.66. The largest absolute Gasteiger partial charge is 0.322 e. The Kier molecular flexibility index (Phi) is 2.92. The molecule has 102 valence electrons. The minimum atomic E-state index is -0.151. The minimum absolute atomic E-state index is 0.151. The van der Waals surface area contributed by atoms with Crippen molar-refractivity contribution in [2.45, 2.75) is 77.0 Å². The number of nitrogens with zero attached hydrogens (tertiary/aromatic N) is 1. The molecule has 1 saturated heterocycles. The molecule has 3 heteroatoms. The molecule has 0 bridgehead atoms. The van der Waals surface area contributed by atoms with E-state index in [2.05, 4.69) is 31.0 Å². The van der Waals surface area contributed by atoms with Gasteiger partial charge in [-0.1, -0.05) is 26.7 Å². The first-order chi connectivity index (χ1) is 8.55. The number of amides is 1. The van der Waals surface area contributed by atoms with E-state index in [1.165, 1.54) is 25.7 Å². The molecular formula is C15H26N2O. The van der Waals surface area contributed by atoms with Crippen molar-refractivity contribution >= 4 is 5.91 Å². The summed E-state index contributed by atoms with van der Waals surface area (Å²) in [5.74, 6) is 1.62. The van der Waals surface area contributed by atoms with Crippen LogP contribution in [0.4, 0.5) is 0 Å². The Balaban J connectivity index is 1.80. The molecule has 0 aromatic rings. The van der Waals surface area contributed by atoms with Crippen molar-refractivity contribution in [3.63, 3.8) is 0 Å². The van der Waals surface area contributed by atoms with E-state index in [4.69, 9.17) is 0 Å². The van der Waals surface area contributed by atoms with Crippen molar-refractivity contribution in [1.82, 2.24) is 10.2 Å². The monoisotopic (exact) mass is 250 g/mol. The Bertz CT molecular complexity index is 342. The maximum Gasteiger partial charge on any atom is 0.244 e. The molecule has 2 atom stereocenters. The number of carbonyl (C=O) groups excluding carboxylic acids is 1. The summed E-state index contributed by atoms with van der Waals surface area (Å²) in [6.45, 7) is 6.72. The van der Waals surface area contributed by atoms with Crippen LogP contribution in [-0.2, 0) is 4.79 Å². The van der Waals surface area contributed by atoms with Gasteiger partial charge in [0.15, 0.2) is 0 Å². The molecule has 18 heavy (non-hydrogen) atoms. The van der Waals surface area contributed by atoms with E-state index < -0.39 is 0 Å². The van der Waals surface area contributed by atoms with Crippen LogP contribution < -0.4 is 5.32 Å². The average molecular weight is 250 g/mol. The van der Waals surface area contributed by atoms with Crippen LogP contribution in [0.15, 0.2) is 0 Å². The topological polar surface area (TPSA) is 32.3 Å². The highest BCUT2D eigenvalue weighted by atomic mass is 16.2. The van der Waals surface area contributed by atoms with Gasteiger partial charge in [0, 0.05) is 6.04 Å². The van der Waals surface area contributed by atoms with E-state index in [0.29, 0.717) is 17.9 Å². The van der Waals surface area contributed by atoms with Crippen LogP contribution in [-0.4, -0.2) is 28.6 Å². The number of hydrogen-bond acceptors (Lipinski definition) is 2. The summed E-state index contributed by atoms with van der Waals surface area (Å²) in [6, 6.07) is 0.417. The van der Waals surface area contributed by atoms with Crippen molar-refractivity contribution in [2.75, 3.05) is 0 Å². The Morgan fingerprint density at radius 2 is 1.83 bits per heavy atom. The smallest absolute Gasteiger partial charge is 0.244 e. The zero-order valence-electron chi connectivity index (χ0n) is 11.9. The van der Waals surface area contributed by atoms with Crippen LogP contribution in [0.2, 0.25) is 0 Å². The average Bonchev–Trinajstić information content (AvgIpc) is 2.81.